The van der Waals surface area contributed by atoms with Gasteiger partial charge in [0.2, 0.25) is 0 Å². The van der Waals surface area contributed by atoms with Gasteiger partial charge in [0.15, 0.2) is 5.96 Å². The van der Waals surface area contributed by atoms with Crippen LogP contribution in [0.3, 0.4) is 0 Å². The average Bonchev–Trinajstić information content (AvgIpc) is 3.08. The van der Waals surface area contributed by atoms with Crippen LogP contribution >= 0.6 is 24.0 Å². The molecule has 1 aromatic rings. The van der Waals surface area contributed by atoms with Gasteiger partial charge in [0, 0.05) is 45.9 Å². The topological polar surface area (TPSA) is 75.1 Å². The van der Waals surface area contributed by atoms with Crippen LogP contribution in [0.15, 0.2) is 29.3 Å². The molecular formula is C18H29FIN3O3. The summed E-state index contributed by atoms with van der Waals surface area (Å²) < 4.78 is 24.0. The van der Waals surface area contributed by atoms with Crippen molar-refractivity contribution in [1.82, 2.24) is 10.6 Å². The molecule has 0 saturated carbocycles. The molecule has 2 unspecified atom stereocenters. The molecule has 0 bridgehead atoms. The first kappa shape index (κ1) is 23.1. The Hall–Kier alpha value is -0.970. The van der Waals surface area contributed by atoms with Gasteiger partial charge in [-0.3, -0.25) is 4.99 Å². The van der Waals surface area contributed by atoms with Crippen molar-refractivity contribution in [2.24, 2.45) is 10.4 Å². The molecule has 2 atom stereocenters. The minimum absolute atomic E-state index is 0. The molecule has 148 valence electrons. The maximum absolute atomic E-state index is 13.1. The van der Waals surface area contributed by atoms with Crippen LogP contribution in [0.5, 0.6) is 0 Å². The van der Waals surface area contributed by atoms with Gasteiger partial charge in [0.1, 0.15) is 5.82 Å². The van der Waals surface area contributed by atoms with E-state index in [0.717, 1.165) is 18.6 Å². The Kier molecular flexibility index (Phi) is 10.4. The second kappa shape index (κ2) is 11.7. The first-order valence-electron chi connectivity index (χ1n) is 8.54. The van der Waals surface area contributed by atoms with Gasteiger partial charge in [-0.2, -0.15) is 0 Å². The predicted octanol–water partition coefficient (Wildman–Crippen LogP) is 2.09. The molecule has 1 aliphatic rings. The normalized spacial score (nSPS) is 21.2. The van der Waals surface area contributed by atoms with Crippen molar-refractivity contribution in [3.8, 4) is 0 Å². The number of hydrogen-bond donors (Lipinski definition) is 3. The number of guanidine groups is 1. The zero-order chi connectivity index (χ0) is 18.1. The Morgan fingerprint density at radius 2 is 2.12 bits per heavy atom. The van der Waals surface area contributed by atoms with Crippen LogP contribution < -0.4 is 10.6 Å². The number of aliphatic imine (C=N–C) groups is 1. The van der Waals surface area contributed by atoms with Crippen LogP contribution in [0.4, 0.5) is 4.39 Å². The van der Waals surface area contributed by atoms with Gasteiger partial charge in [-0.05, 0) is 30.5 Å². The van der Waals surface area contributed by atoms with Gasteiger partial charge in [0.05, 0.1) is 12.7 Å². The molecule has 26 heavy (non-hydrogen) atoms. The Bertz CT molecular complexity index is 551. The molecular weight excluding hydrogens is 452 g/mol. The lowest BCUT2D eigenvalue weighted by molar-refractivity contribution is 0.106. The quantitative estimate of drug-likeness (QED) is 0.301. The van der Waals surface area contributed by atoms with Crippen molar-refractivity contribution < 1.29 is 19.0 Å². The highest BCUT2D eigenvalue weighted by molar-refractivity contribution is 14.0. The maximum atomic E-state index is 13.1. The van der Waals surface area contributed by atoms with Crippen molar-refractivity contribution in [2.75, 3.05) is 47.1 Å². The summed E-state index contributed by atoms with van der Waals surface area (Å²) >= 11 is 0. The minimum Gasteiger partial charge on any atom is -0.396 e. The van der Waals surface area contributed by atoms with Gasteiger partial charge in [0.25, 0.3) is 0 Å². The van der Waals surface area contributed by atoms with E-state index in [1.807, 2.05) is 0 Å². The van der Waals surface area contributed by atoms with Crippen LogP contribution in [-0.2, 0) is 9.47 Å². The number of rotatable bonds is 8. The van der Waals surface area contributed by atoms with E-state index < -0.39 is 0 Å². The van der Waals surface area contributed by atoms with E-state index in [9.17, 15) is 9.50 Å². The molecule has 1 saturated heterocycles. The lowest BCUT2D eigenvalue weighted by Gasteiger charge is -2.28. The number of aliphatic hydroxyl groups excluding tert-OH is 1. The SMILES string of the molecule is CN=C(NCC(OC)c1ccc(F)cc1)NCC1(CCO)CCOC1.I. The third-order valence-electron chi connectivity index (χ3n) is 4.66. The number of nitrogens with one attached hydrogen (secondary N) is 2. The Morgan fingerprint density at radius 3 is 2.65 bits per heavy atom. The van der Waals surface area contributed by atoms with E-state index in [2.05, 4.69) is 15.6 Å². The molecule has 1 aliphatic heterocycles. The molecule has 0 radical (unpaired) electrons. The lowest BCUT2D eigenvalue weighted by Crippen LogP contribution is -2.45. The highest BCUT2D eigenvalue weighted by Gasteiger charge is 2.34. The molecule has 0 amide bonds. The standard InChI is InChI=1S/C18H28FN3O3.HI/c1-20-17(22-12-18(7-9-23)8-10-25-13-18)21-11-16(24-2)14-3-5-15(19)6-4-14;/h3-6,16,23H,7-13H2,1-2H3,(H2,20,21,22);1H. The second-order valence-electron chi connectivity index (χ2n) is 6.36. The molecule has 3 N–H and O–H groups in total. The molecule has 1 fully saturated rings. The fourth-order valence-corrected chi connectivity index (χ4v) is 3.01. The highest BCUT2D eigenvalue weighted by atomic mass is 127. The number of aliphatic hydroxyl groups is 1. The summed E-state index contributed by atoms with van der Waals surface area (Å²) in [5.74, 6) is 0.394. The summed E-state index contributed by atoms with van der Waals surface area (Å²) in [4.78, 5) is 4.23. The van der Waals surface area contributed by atoms with E-state index in [4.69, 9.17) is 9.47 Å². The largest absolute Gasteiger partial charge is 0.396 e. The summed E-state index contributed by atoms with van der Waals surface area (Å²) in [6.45, 7) is 2.71. The molecule has 6 nitrogen and oxygen atoms in total. The predicted molar refractivity (Wildman–Crippen MR) is 111 cm³/mol. The zero-order valence-electron chi connectivity index (χ0n) is 15.3. The number of benzene rings is 1. The monoisotopic (exact) mass is 481 g/mol. The van der Waals surface area contributed by atoms with Crippen LogP contribution in [-0.4, -0.2) is 58.1 Å². The van der Waals surface area contributed by atoms with Crippen molar-refractivity contribution in [3.63, 3.8) is 0 Å². The van der Waals surface area contributed by atoms with E-state index in [0.29, 0.717) is 32.1 Å². The van der Waals surface area contributed by atoms with Crippen LogP contribution in [0.2, 0.25) is 0 Å². The lowest BCUT2D eigenvalue weighted by atomic mass is 9.84. The third-order valence-corrected chi connectivity index (χ3v) is 4.66. The second-order valence-corrected chi connectivity index (χ2v) is 6.36. The molecule has 8 heteroatoms. The summed E-state index contributed by atoms with van der Waals surface area (Å²) in [5.41, 5.74) is 0.845. The van der Waals surface area contributed by atoms with Gasteiger partial charge in [-0.1, -0.05) is 12.1 Å². The fraction of sp³-hybridized carbons (Fsp3) is 0.611. The van der Waals surface area contributed by atoms with E-state index in [1.165, 1.54) is 12.1 Å². The number of halogens is 2. The van der Waals surface area contributed by atoms with Gasteiger partial charge < -0.3 is 25.2 Å². The Labute approximate surface area is 171 Å². The van der Waals surface area contributed by atoms with Crippen molar-refractivity contribution in [3.05, 3.63) is 35.6 Å². The first-order chi connectivity index (χ1) is 12.1. The summed E-state index contributed by atoms with van der Waals surface area (Å²) in [5, 5.41) is 15.8. The molecule has 0 aromatic heterocycles. The van der Waals surface area contributed by atoms with E-state index in [-0.39, 0.29) is 47.9 Å². The van der Waals surface area contributed by atoms with Crippen molar-refractivity contribution in [2.45, 2.75) is 18.9 Å². The van der Waals surface area contributed by atoms with E-state index in [1.54, 1.807) is 26.3 Å². The molecule has 1 aromatic carbocycles. The fourth-order valence-electron chi connectivity index (χ4n) is 3.01. The van der Waals surface area contributed by atoms with Crippen LogP contribution in [0, 0.1) is 11.2 Å². The van der Waals surface area contributed by atoms with Gasteiger partial charge in [-0.25, -0.2) is 4.39 Å². The highest BCUT2D eigenvalue weighted by Crippen LogP contribution is 2.31. The van der Waals surface area contributed by atoms with Crippen molar-refractivity contribution in [1.29, 1.82) is 0 Å². The number of hydrogen-bond acceptors (Lipinski definition) is 4. The summed E-state index contributed by atoms with van der Waals surface area (Å²) in [7, 11) is 3.33. The van der Waals surface area contributed by atoms with Crippen molar-refractivity contribution >= 4 is 29.9 Å². The number of nitrogens with zero attached hydrogens (tertiary/aromatic N) is 1. The molecule has 1 heterocycles. The zero-order valence-corrected chi connectivity index (χ0v) is 17.7. The smallest absolute Gasteiger partial charge is 0.191 e. The maximum Gasteiger partial charge on any atom is 0.191 e. The van der Waals surface area contributed by atoms with Gasteiger partial charge >= 0.3 is 0 Å². The van der Waals surface area contributed by atoms with Crippen LogP contribution in [0.1, 0.15) is 24.5 Å². The summed E-state index contributed by atoms with van der Waals surface area (Å²) in [6.07, 6.45) is 1.42. The summed E-state index contributed by atoms with van der Waals surface area (Å²) in [6, 6.07) is 6.28. The Morgan fingerprint density at radius 1 is 1.38 bits per heavy atom. The molecule has 0 aliphatic carbocycles. The third kappa shape index (κ3) is 6.64. The average molecular weight is 481 g/mol. The molecule has 0 spiro atoms. The van der Waals surface area contributed by atoms with Crippen LogP contribution in [0.25, 0.3) is 0 Å². The Balaban J connectivity index is 0.00000338. The minimum atomic E-state index is -0.267. The molecule has 2 rings (SSSR count). The van der Waals surface area contributed by atoms with E-state index >= 15 is 0 Å². The van der Waals surface area contributed by atoms with Gasteiger partial charge in [-0.15, -0.1) is 24.0 Å². The number of methoxy groups -OCH3 is 1. The number of ether oxygens (including phenoxy) is 2. The first-order valence-corrected chi connectivity index (χ1v) is 8.54.